The molecule has 2 nitrogen and oxygen atoms in total. The van der Waals surface area contributed by atoms with Crippen LogP contribution in [-0.2, 0) is 26.3 Å². The Kier molecular flexibility index (Phi) is 6.61. The third-order valence-corrected chi connectivity index (χ3v) is 9.75. The highest BCUT2D eigenvalue weighted by molar-refractivity contribution is 6.16. The van der Waals surface area contributed by atoms with Crippen molar-refractivity contribution < 1.29 is 9.30 Å². The van der Waals surface area contributed by atoms with Crippen LogP contribution in [0.3, 0.4) is 0 Å². The Bertz CT molecular complexity index is 1860. The van der Waals surface area contributed by atoms with Crippen molar-refractivity contribution >= 4 is 32.3 Å². The second-order valence-corrected chi connectivity index (χ2v) is 15.0. The quantitative estimate of drug-likeness (QED) is 0.152. The summed E-state index contributed by atoms with van der Waals surface area (Å²) >= 11 is 0. The number of aryl methyl sites for hydroxylation is 2. The number of benzene rings is 4. The number of hydrogen-bond acceptors (Lipinski definition) is 1. The molecule has 1 saturated carbocycles. The molecule has 5 aromatic rings. The van der Waals surface area contributed by atoms with Crippen molar-refractivity contribution in [2.24, 2.45) is 24.3 Å². The number of nitrogens with zero attached hydrogens (tertiary/aromatic N) is 1. The van der Waals surface area contributed by atoms with Gasteiger partial charge in [0.25, 0.3) is 0 Å². The second-order valence-electron chi connectivity index (χ2n) is 15.0. The van der Waals surface area contributed by atoms with E-state index in [1.807, 2.05) is 0 Å². The first-order valence-electron chi connectivity index (χ1n) is 16.2. The molecule has 2 aliphatic rings. The zero-order valence-electron chi connectivity index (χ0n) is 26.7. The van der Waals surface area contributed by atoms with Gasteiger partial charge in [0.15, 0.2) is 6.20 Å². The minimum Gasteiger partial charge on any atom is -0.455 e. The molecule has 0 N–H and O–H groups in total. The van der Waals surface area contributed by atoms with Gasteiger partial charge in [-0.05, 0) is 87.7 Å². The zero-order chi connectivity index (χ0) is 29.3. The van der Waals surface area contributed by atoms with Crippen LogP contribution in [0.15, 0.2) is 54.7 Å². The van der Waals surface area contributed by atoms with Crippen LogP contribution in [0.5, 0.6) is 11.5 Å². The number of fused-ring (bicyclic) bond motifs is 5. The van der Waals surface area contributed by atoms with Crippen LogP contribution in [0.4, 0.5) is 0 Å². The number of aromatic nitrogens is 1. The van der Waals surface area contributed by atoms with E-state index in [0.717, 1.165) is 30.3 Å². The molecule has 4 aromatic carbocycles. The summed E-state index contributed by atoms with van der Waals surface area (Å²) in [6.45, 7) is 13.9. The van der Waals surface area contributed by atoms with Crippen LogP contribution >= 0.6 is 0 Å². The molecule has 0 bridgehead atoms. The van der Waals surface area contributed by atoms with E-state index in [1.165, 1.54) is 97.9 Å². The molecule has 0 spiro atoms. The molecule has 2 heteroatoms. The zero-order valence-corrected chi connectivity index (χ0v) is 26.7. The third kappa shape index (κ3) is 4.68. The predicted octanol–water partition coefficient (Wildman–Crippen LogP) is 10.6. The fraction of sp³-hybridized carbons (Fsp3) is 0.425. The van der Waals surface area contributed by atoms with Gasteiger partial charge in [-0.25, -0.2) is 4.57 Å². The van der Waals surface area contributed by atoms with E-state index >= 15 is 0 Å². The molecule has 0 saturated heterocycles. The number of pyridine rings is 1. The molecule has 7 rings (SSSR count). The van der Waals surface area contributed by atoms with Crippen molar-refractivity contribution in [1.29, 1.82) is 0 Å². The summed E-state index contributed by atoms with van der Waals surface area (Å²) in [4.78, 5) is 0. The maximum atomic E-state index is 7.07. The number of rotatable bonds is 5. The minimum atomic E-state index is 0.244. The van der Waals surface area contributed by atoms with Gasteiger partial charge in [-0.3, -0.25) is 0 Å². The first-order chi connectivity index (χ1) is 20.1. The molecule has 42 heavy (non-hydrogen) atoms. The SMILES string of the molecule is Cc1c2c(c(CC(C)C)c3ccc(CC(C)(C)C)cc13)Oc1cc3ccc(CC4CCCC4)cc3c3cc[n+](C)c-2c13. The molecule has 0 atom stereocenters. The molecular weight excluding hydrogens is 510 g/mol. The Hall–Kier alpha value is -3.39. The molecule has 1 aliphatic heterocycles. The summed E-state index contributed by atoms with van der Waals surface area (Å²) < 4.78 is 9.40. The van der Waals surface area contributed by atoms with Gasteiger partial charge in [-0.2, -0.15) is 0 Å². The van der Waals surface area contributed by atoms with Gasteiger partial charge in [-0.15, -0.1) is 0 Å². The standard InChI is InChI=1S/C40H46NO/c1-24(2)18-34-30-15-13-28(23-40(4,5)6)21-32(30)25(3)36-38-37-31(16-17-41(38)7)33-20-27(19-26-10-8-9-11-26)12-14-29(33)22-35(37)42-39(34)36/h12-17,20-22,24,26H,8-11,18-19,23H2,1-7H3/q+1. The van der Waals surface area contributed by atoms with Crippen LogP contribution < -0.4 is 9.30 Å². The molecule has 1 aromatic heterocycles. The van der Waals surface area contributed by atoms with Crippen molar-refractivity contribution in [1.82, 2.24) is 0 Å². The highest BCUT2D eigenvalue weighted by Crippen LogP contribution is 2.52. The van der Waals surface area contributed by atoms with Gasteiger partial charge < -0.3 is 4.74 Å². The topological polar surface area (TPSA) is 13.1 Å². The van der Waals surface area contributed by atoms with Crippen molar-refractivity contribution in [2.45, 2.75) is 86.5 Å². The Morgan fingerprint density at radius 1 is 0.881 bits per heavy atom. The van der Waals surface area contributed by atoms with Gasteiger partial charge in [0, 0.05) is 17.0 Å². The molecule has 0 amide bonds. The molecule has 0 unspecified atom stereocenters. The largest absolute Gasteiger partial charge is 0.455 e. The Morgan fingerprint density at radius 3 is 2.36 bits per heavy atom. The van der Waals surface area contributed by atoms with Gasteiger partial charge in [0.2, 0.25) is 5.69 Å². The number of hydrogen-bond donors (Lipinski definition) is 0. The Balaban J connectivity index is 1.50. The van der Waals surface area contributed by atoms with E-state index in [4.69, 9.17) is 4.74 Å². The van der Waals surface area contributed by atoms with Crippen LogP contribution in [0.2, 0.25) is 0 Å². The summed E-state index contributed by atoms with van der Waals surface area (Å²) in [5.74, 6) is 3.42. The van der Waals surface area contributed by atoms with Crippen molar-refractivity contribution in [3.05, 3.63) is 77.0 Å². The normalized spacial score (nSPS) is 15.2. The third-order valence-electron chi connectivity index (χ3n) is 9.75. The lowest BCUT2D eigenvalue weighted by Crippen LogP contribution is -2.32. The van der Waals surface area contributed by atoms with E-state index in [-0.39, 0.29) is 5.41 Å². The molecule has 2 heterocycles. The van der Waals surface area contributed by atoms with Gasteiger partial charge in [0.1, 0.15) is 18.5 Å². The Labute approximate surface area is 251 Å². The first-order valence-corrected chi connectivity index (χ1v) is 16.2. The monoisotopic (exact) mass is 556 g/mol. The maximum Gasteiger partial charge on any atom is 0.228 e. The highest BCUT2D eigenvalue weighted by Gasteiger charge is 2.34. The van der Waals surface area contributed by atoms with Crippen molar-refractivity contribution in [3.8, 4) is 22.8 Å². The maximum absolute atomic E-state index is 7.07. The summed E-state index contributed by atoms with van der Waals surface area (Å²) in [7, 11) is 2.20. The van der Waals surface area contributed by atoms with Gasteiger partial charge in [0.05, 0.1) is 10.9 Å². The van der Waals surface area contributed by atoms with Crippen molar-refractivity contribution in [2.75, 3.05) is 0 Å². The predicted molar refractivity (Wildman–Crippen MR) is 178 cm³/mol. The van der Waals surface area contributed by atoms with Crippen LogP contribution in [0.25, 0.3) is 43.6 Å². The summed E-state index contributed by atoms with van der Waals surface area (Å²) in [5.41, 5.74) is 8.36. The van der Waals surface area contributed by atoms with Crippen LogP contribution in [0, 0.1) is 24.2 Å². The summed E-state index contributed by atoms with van der Waals surface area (Å²) in [6.07, 6.45) is 11.1. The van der Waals surface area contributed by atoms with E-state index in [2.05, 4.69) is 108 Å². The lowest BCUT2D eigenvalue weighted by Gasteiger charge is -2.27. The average molecular weight is 557 g/mol. The Morgan fingerprint density at radius 2 is 1.62 bits per heavy atom. The summed E-state index contributed by atoms with van der Waals surface area (Å²) in [6, 6.07) is 19.0. The van der Waals surface area contributed by atoms with Crippen molar-refractivity contribution in [3.63, 3.8) is 0 Å². The lowest BCUT2D eigenvalue weighted by atomic mass is 9.83. The molecular formula is C40H46NO+. The highest BCUT2D eigenvalue weighted by atomic mass is 16.5. The van der Waals surface area contributed by atoms with E-state index in [1.54, 1.807) is 0 Å². The molecule has 1 aliphatic carbocycles. The fourth-order valence-electron chi connectivity index (χ4n) is 7.94. The summed E-state index contributed by atoms with van der Waals surface area (Å²) in [5, 5.41) is 7.89. The average Bonchev–Trinajstić information content (AvgIpc) is 3.44. The smallest absolute Gasteiger partial charge is 0.228 e. The number of ether oxygens (including phenoxy) is 1. The van der Waals surface area contributed by atoms with Crippen LogP contribution in [-0.4, -0.2) is 0 Å². The molecule has 1 fully saturated rings. The molecule has 0 radical (unpaired) electrons. The van der Waals surface area contributed by atoms with Gasteiger partial charge in [-0.1, -0.05) is 96.7 Å². The molecule has 216 valence electrons. The van der Waals surface area contributed by atoms with E-state index in [9.17, 15) is 0 Å². The van der Waals surface area contributed by atoms with Crippen LogP contribution in [0.1, 0.15) is 82.6 Å². The first kappa shape index (κ1) is 27.4. The van der Waals surface area contributed by atoms with Gasteiger partial charge >= 0.3 is 0 Å². The fourth-order valence-corrected chi connectivity index (χ4v) is 7.94. The van der Waals surface area contributed by atoms with E-state index in [0.29, 0.717) is 5.92 Å². The van der Waals surface area contributed by atoms with E-state index < -0.39 is 0 Å². The lowest BCUT2D eigenvalue weighted by molar-refractivity contribution is -0.659. The second kappa shape index (κ2) is 10.1. The minimum absolute atomic E-state index is 0.244.